The fourth-order valence-corrected chi connectivity index (χ4v) is 4.18. The van der Waals surface area contributed by atoms with Crippen LogP contribution in [0.4, 0.5) is 5.69 Å². The van der Waals surface area contributed by atoms with E-state index in [9.17, 15) is 9.59 Å². The zero-order valence-corrected chi connectivity index (χ0v) is 19.1. The largest absolute Gasteiger partial charge is 0.497 e. The van der Waals surface area contributed by atoms with E-state index in [0.717, 1.165) is 17.0 Å². The summed E-state index contributed by atoms with van der Waals surface area (Å²) in [6, 6.07) is 14.5. The second kappa shape index (κ2) is 9.42. The Hall–Kier alpha value is -3.36. The first-order valence-corrected chi connectivity index (χ1v) is 11.2. The van der Waals surface area contributed by atoms with Gasteiger partial charge in [0.1, 0.15) is 5.75 Å². The van der Waals surface area contributed by atoms with Gasteiger partial charge in [-0.3, -0.25) is 14.7 Å². The number of nitrogens with one attached hydrogen (secondary N) is 2. The van der Waals surface area contributed by atoms with E-state index >= 15 is 0 Å². The molecule has 0 saturated carbocycles. The van der Waals surface area contributed by atoms with Gasteiger partial charge in [-0.2, -0.15) is 4.68 Å². The molecule has 0 atom stereocenters. The average molecular weight is 469 g/mol. The minimum atomic E-state index is -0.197. The predicted octanol–water partition coefficient (Wildman–Crippen LogP) is 4.83. The number of hydrogen-bond donors (Lipinski definition) is 2. The fraction of sp³-hybridized carbons (Fsp3) is 0.174. The molecule has 164 valence electrons. The number of methoxy groups -OCH3 is 1. The van der Waals surface area contributed by atoms with E-state index in [2.05, 4.69) is 15.4 Å². The van der Waals surface area contributed by atoms with Crippen molar-refractivity contribution in [1.82, 2.24) is 14.8 Å². The molecule has 4 aromatic rings. The van der Waals surface area contributed by atoms with Crippen LogP contribution in [0.15, 0.2) is 58.7 Å². The van der Waals surface area contributed by atoms with E-state index in [1.807, 2.05) is 24.4 Å². The molecule has 4 rings (SSSR count). The van der Waals surface area contributed by atoms with Crippen molar-refractivity contribution in [3.63, 3.8) is 0 Å². The van der Waals surface area contributed by atoms with Crippen molar-refractivity contribution >= 4 is 34.5 Å². The Balaban J connectivity index is 1.45. The van der Waals surface area contributed by atoms with Crippen molar-refractivity contribution in [2.75, 3.05) is 12.4 Å². The molecule has 2 heterocycles. The van der Waals surface area contributed by atoms with E-state index in [1.54, 1.807) is 43.5 Å². The molecule has 2 aromatic carbocycles. The highest BCUT2D eigenvalue weighted by molar-refractivity contribution is 7.12. The molecule has 0 aliphatic carbocycles. The molecule has 0 aliphatic rings. The maximum atomic E-state index is 13.0. The van der Waals surface area contributed by atoms with E-state index in [1.165, 1.54) is 16.0 Å². The van der Waals surface area contributed by atoms with Crippen LogP contribution >= 0.6 is 22.9 Å². The second-order valence-corrected chi connectivity index (χ2v) is 8.43. The van der Waals surface area contributed by atoms with Crippen LogP contribution in [0.25, 0.3) is 16.4 Å². The number of benzene rings is 2. The number of halogens is 1. The summed E-state index contributed by atoms with van der Waals surface area (Å²) >= 11 is 7.31. The van der Waals surface area contributed by atoms with Gasteiger partial charge in [0.2, 0.25) is 11.0 Å². The Morgan fingerprint density at radius 2 is 1.91 bits per heavy atom. The summed E-state index contributed by atoms with van der Waals surface area (Å²) in [5.74, 6) is 0.550. The molecule has 0 radical (unpaired) electrons. The lowest BCUT2D eigenvalue weighted by atomic mass is 10.1. The highest BCUT2D eigenvalue weighted by Crippen LogP contribution is 2.25. The van der Waals surface area contributed by atoms with Gasteiger partial charge in [0.05, 0.1) is 12.8 Å². The molecular weight excluding hydrogens is 448 g/mol. The van der Waals surface area contributed by atoms with Crippen LogP contribution in [0.1, 0.15) is 17.7 Å². The smallest absolute Gasteiger partial charge is 0.276 e. The number of aromatic amines is 1. The van der Waals surface area contributed by atoms with Crippen LogP contribution in [0.3, 0.4) is 0 Å². The van der Waals surface area contributed by atoms with Gasteiger partial charge in [0.25, 0.3) is 5.56 Å². The number of carbonyl (C=O) groups excluding carboxylic acids is 1. The molecule has 32 heavy (non-hydrogen) atoms. The quantitative estimate of drug-likeness (QED) is 0.406. The number of rotatable bonds is 7. The summed E-state index contributed by atoms with van der Waals surface area (Å²) < 4.78 is 6.54. The van der Waals surface area contributed by atoms with Gasteiger partial charge >= 0.3 is 0 Å². The Morgan fingerprint density at radius 1 is 1.19 bits per heavy atom. The second-order valence-electron chi connectivity index (χ2n) is 7.15. The normalized spacial score (nSPS) is 10.8. The number of carbonyl (C=O) groups is 1. The number of ether oxygens (including phenoxy) is 1. The first-order chi connectivity index (χ1) is 15.4. The number of aromatic nitrogens is 3. The zero-order chi connectivity index (χ0) is 22.7. The first-order valence-electron chi connectivity index (χ1n) is 9.91. The van der Waals surface area contributed by atoms with E-state index in [4.69, 9.17) is 16.3 Å². The third-order valence-corrected chi connectivity index (χ3v) is 6.07. The van der Waals surface area contributed by atoms with Gasteiger partial charge in [0, 0.05) is 39.3 Å². The van der Waals surface area contributed by atoms with E-state index in [-0.39, 0.29) is 17.9 Å². The fourth-order valence-electron chi connectivity index (χ4n) is 3.27. The van der Waals surface area contributed by atoms with Crippen molar-refractivity contribution < 1.29 is 9.53 Å². The molecule has 0 saturated heterocycles. The van der Waals surface area contributed by atoms with Crippen LogP contribution in [0, 0.1) is 6.92 Å². The predicted molar refractivity (Wildman–Crippen MR) is 127 cm³/mol. The average Bonchev–Trinajstić information content (AvgIpc) is 3.38. The number of anilines is 1. The maximum Gasteiger partial charge on any atom is 0.276 e. The standard InChI is InChI=1S/C23H21ClN4O3S/c1-14-19(11-12-21(29)25-17-7-9-18(31-2)10-8-17)22(30)28(27-14)23-26-20(13-32-23)15-3-5-16(24)6-4-15/h3-10,13,27H,11-12H2,1-2H3,(H,25,29). The van der Waals surface area contributed by atoms with Crippen molar-refractivity contribution in [2.45, 2.75) is 19.8 Å². The van der Waals surface area contributed by atoms with Crippen molar-refractivity contribution in [1.29, 1.82) is 0 Å². The number of thiazole rings is 1. The Labute approximate surface area is 193 Å². The highest BCUT2D eigenvalue weighted by atomic mass is 35.5. The van der Waals surface area contributed by atoms with Crippen LogP contribution < -0.4 is 15.6 Å². The molecule has 0 bridgehead atoms. The van der Waals surface area contributed by atoms with Gasteiger partial charge in [0.15, 0.2) is 0 Å². The molecule has 0 aliphatic heterocycles. The van der Waals surface area contributed by atoms with Crippen LogP contribution in [-0.4, -0.2) is 27.8 Å². The lowest BCUT2D eigenvalue weighted by Gasteiger charge is -2.06. The molecule has 0 fully saturated rings. The number of H-pyrrole nitrogens is 1. The van der Waals surface area contributed by atoms with Crippen LogP contribution in [0.2, 0.25) is 5.02 Å². The Kier molecular flexibility index (Phi) is 6.43. The monoisotopic (exact) mass is 468 g/mol. The highest BCUT2D eigenvalue weighted by Gasteiger charge is 2.16. The topological polar surface area (TPSA) is 89.0 Å². The van der Waals surface area contributed by atoms with Crippen molar-refractivity contribution in [2.24, 2.45) is 0 Å². The summed E-state index contributed by atoms with van der Waals surface area (Å²) in [4.78, 5) is 29.9. The van der Waals surface area contributed by atoms with Crippen molar-refractivity contribution in [3.8, 4) is 22.1 Å². The zero-order valence-electron chi connectivity index (χ0n) is 17.5. The minimum absolute atomic E-state index is 0.166. The lowest BCUT2D eigenvalue weighted by Crippen LogP contribution is -2.19. The third-order valence-electron chi connectivity index (χ3n) is 4.99. The summed E-state index contributed by atoms with van der Waals surface area (Å²) in [7, 11) is 1.59. The molecule has 0 unspecified atom stereocenters. The first kappa shape index (κ1) is 21.9. The molecule has 7 nitrogen and oxygen atoms in total. The number of aryl methyl sites for hydroxylation is 1. The molecule has 2 N–H and O–H groups in total. The summed E-state index contributed by atoms with van der Waals surface area (Å²) in [6.45, 7) is 1.82. The molecule has 0 spiro atoms. The number of nitrogens with zero attached hydrogens (tertiary/aromatic N) is 2. The van der Waals surface area contributed by atoms with Gasteiger partial charge in [-0.05, 0) is 49.7 Å². The van der Waals surface area contributed by atoms with Gasteiger partial charge in [-0.1, -0.05) is 23.7 Å². The van der Waals surface area contributed by atoms with Gasteiger partial charge in [-0.15, -0.1) is 11.3 Å². The molecule has 9 heteroatoms. The summed E-state index contributed by atoms with van der Waals surface area (Å²) in [6.07, 6.45) is 0.513. The van der Waals surface area contributed by atoms with E-state index in [0.29, 0.717) is 33.6 Å². The van der Waals surface area contributed by atoms with Crippen LogP contribution in [0.5, 0.6) is 5.75 Å². The third kappa shape index (κ3) is 4.76. The molecule has 1 amide bonds. The maximum absolute atomic E-state index is 13.0. The van der Waals surface area contributed by atoms with Crippen LogP contribution in [-0.2, 0) is 11.2 Å². The van der Waals surface area contributed by atoms with Crippen molar-refractivity contribution in [3.05, 3.63) is 80.5 Å². The molecule has 2 aromatic heterocycles. The number of hydrogen-bond acceptors (Lipinski definition) is 5. The lowest BCUT2D eigenvalue weighted by molar-refractivity contribution is -0.116. The van der Waals surface area contributed by atoms with Gasteiger partial charge < -0.3 is 10.1 Å². The SMILES string of the molecule is COc1ccc(NC(=O)CCc2c(C)[nH]n(-c3nc(-c4ccc(Cl)cc4)cs3)c2=O)cc1. The summed E-state index contributed by atoms with van der Waals surface area (Å²) in [5, 5.41) is 8.99. The Bertz CT molecular complexity index is 1290. The van der Waals surface area contributed by atoms with E-state index < -0.39 is 0 Å². The molecular formula is C23H21ClN4O3S. The minimum Gasteiger partial charge on any atom is -0.497 e. The number of amides is 1. The summed E-state index contributed by atoms with van der Waals surface area (Å²) in [5.41, 5.74) is 3.45. The Morgan fingerprint density at radius 3 is 2.59 bits per heavy atom. The van der Waals surface area contributed by atoms with Gasteiger partial charge in [-0.25, -0.2) is 4.98 Å².